The number of aromatic hydroxyl groups is 1. The van der Waals surface area contributed by atoms with Crippen molar-refractivity contribution in [2.75, 3.05) is 5.32 Å². The molecule has 0 atom stereocenters. The van der Waals surface area contributed by atoms with Crippen LogP contribution in [-0.2, 0) is 0 Å². The topological polar surface area (TPSA) is 99.5 Å². The average molecular weight is 276 g/mol. The third-order valence-corrected chi connectivity index (χ3v) is 2.48. The van der Waals surface area contributed by atoms with Crippen LogP contribution in [0.1, 0.15) is 20.7 Å². The predicted molar refractivity (Wildman–Crippen MR) is 67.2 cm³/mol. The van der Waals surface area contributed by atoms with E-state index in [1.54, 1.807) is 0 Å². The van der Waals surface area contributed by atoms with Crippen molar-refractivity contribution in [1.82, 2.24) is 4.98 Å². The van der Waals surface area contributed by atoms with Crippen LogP contribution in [0.15, 0.2) is 36.5 Å². The van der Waals surface area contributed by atoms with Gasteiger partial charge in [-0.2, -0.15) is 4.39 Å². The van der Waals surface area contributed by atoms with Crippen LogP contribution in [0.5, 0.6) is 5.75 Å². The van der Waals surface area contributed by atoms with Crippen LogP contribution in [0.2, 0.25) is 0 Å². The molecule has 1 heterocycles. The minimum Gasteiger partial charge on any atom is -0.506 e. The van der Waals surface area contributed by atoms with Gasteiger partial charge in [-0.1, -0.05) is 0 Å². The Kier molecular flexibility index (Phi) is 3.60. The van der Waals surface area contributed by atoms with Crippen molar-refractivity contribution in [2.24, 2.45) is 0 Å². The Morgan fingerprint density at radius 3 is 2.45 bits per heavy atom. The summed E-state index contributed by atoms with van der Waals surface area (Å²) < 4.78 is 12.6. The number of phenolic OH excluding ortho intramolecular Hbond substituents is 1. The van der Waals surface area contributed by atoms with Gasteiger partial charge in [0.2, 0.25) is 5.95 Å². The first kappa shape index (κ1) is 13.5. The predicted octanol–water partition coefficient (Wildman–Crippen LogP) is 1.88. The summed E-state index contributed by atoms with van der Waals surface area (Å²) >= 11 is 0. The molecule has 7 heteroatoms. The molecular formula is C13H9FN2O4. The van der Waals surface area contributed by atoms with Crippen LogP contribution in [0.3, 0.4) is 0 Å². The second kappa shape index (κ2) is 5.35. The first-order valence-corrected chi connectivity index (χ1v) is 5.46. The first-order chi connectivity index (χ1) is 9.47. The zero-order valence-electron chi connectivity index (χ0n) is 10.0. The highest BCUT2D eigenvalue weighted by atomic mass is 19.1. The van der Waals surface area contributed by atoms with Gasteiger partial charge in [-0.05, 0) is 30.3 Å². The van der Waals surface area contributed by atoms with Crippen molar-refractivity contribution in [3.8, 4) is 5.75 Å². The second-order valence-electron chi connectivity index (χ2n) is 3.86. The Labute approximate surface area is 112 Å². The van der Waals surface area contributed by atoms with Crippen molar-refractivity contribution >= 4 is 17.6 Å². The van der Waals surface area contributed by atoms with E-state index in [-0.39, 0.29) is 22.6 Å². The van der Waals surface area contributed by atoms with E-state index in [9.17, 15) is 19.1 Å². The molecule has 0 aliphatic rings. The number of pyridine rings is 1. The molecule has 2 rings (SSSR count). The molecule has 0 aliphatic heterocycles. The van der Waals surface area contributed by atoms with Gasteiger partial charge in [0.25, 0.3) is 5.91 Å². The third kappa shape index (κ3) is 2.89. The molecule has 0 aliphatic carbocycles. The lowest BCUT2D eigenvalue weighted by atomic mass is 10.1. The molecule has 1 aromatic carbocycles. The third-order valence-electron chi connectivity index (χ3n) is 2.48. The Morgan fingerprint density at radius 1 is 1.15 bits per heavy atom. The standard InChI is InChI=1S/C13H9FN2O4/c14-11-4-2-8(6-15-11)12(18)16-9-5-7(13(19)20)1-3-10(9)17/h1-6,17H,(H,16,18)(H,19,20). The number of phenols is 1. The minimum absolute atomic E-state index is 0.0563. The zero-order chi connectivity index (χ0) is 14.7. The van der Waals surface area contributed by atoms with Crippen molar-refractivity contribution in [3.63, 3.8) is 0 Å². The van der Waals surface area contributed by atoms with E-state index in [2.05, 4.69) is 10.3 Å². The van der Waals surface area contributed by atoms with Gasteiger partial charge < -0.3 is 15.5 Å². The van der Waals surface area contributed by atoms with Gasteiger partial charge in [0.15, 0.2) is 0 Å². The van der Waals surface area contributed by atoms with Crippen LogP contribution >= 0.6 is 0 Å². The van der Waals surface area contributed by atoms with E-state index in [0.29, 0.717) is 0 Å². The highest BCUT2D eigenvalue weighted by Gasteiger charge is 2.12. The summed E-state index contributed by atoms with van der Waals surface area (Å²) in [6.45, 7) is 0. The molecule has 0 spiro atoms. The van der Waals surface area contributed by atoms with Gasteiger partial charge in [-0.3, -0.25) is 4.79 Å². The summed E-state index contributed by atoms with van der Waals surface area (Å²) in [4.78, 5) is 26.0. The zero-order valence-corrected chi connectivity index (χ0v) is 10.0. The molecule has 0 radical (unpaired) electrons. The van der Waals surface area contributed by atoms with E-state index in [1.807, 2.05) is 0 Å². The molecule has 0 bridgehead atoms. The smallest absolute Gasteiger partial charge is 0.335 e. The van der Waals surface area contributed by atoms with Gasteiger partial charge in [-0.15, -0.1) is 0 Å². The number of amides is 1. The monoisotopic (exact) mass is 276 g/mol. The summed E-state index contributed by atoms with van der Waals surface area (Å²) in [6, 6.07) is 5.71. The minimum atomic E-state index is -1.19. The Bertz CT molecular complexity index is 671. The Morgan fingerprint density at radius 2 is 1.85 bits per heavy atom. The Balaban J connectivity index is 2.25. The molecule has 2 aromatic rings. The summed E-state index contributed by atoms with van der Waals surface area (Å²) in [7, 11) is 0. The molecule has 0 saturated heterocycles. The van der Waals surface area contributed by atoms with E-state index < -0.39 is 17.8 Å². The van der Waals surface area contributed by atoms with Crippen LogP contribution in [0.25, 0.3) is 0 Å². The average Bonchev–Trinajstić information content (AvgIpc) is 2.41. The molecule has 1 aromatic heterocycles. The van der Waals surface area contributed by atoms with Gasteiger partial charge in [-0.25, -0.2) is 9.78 Å². The van der Waals surface area contributed by atoms with Crippen LogP contribution in [-0.4, -0.2) is 27.1 Å². The van der Waals surface area contributed by atoms with Crippen LogP contribution in [0.4, 0.5) is 10.1 Å². The lowest BCUT2D eigenvalue weighted by Crippen LogP contribution is -2.13. The highest BCUT2D eigenvalue weighted by Crippen LogP contribution is 2.24. The fourth-order valence-electron chi connectivity index (χ4n) is 1.47. The number of carboxylic acid groups (broad SMARTS) is 1. The number of carboxylic acids is 1. The summed E-state index contributed by atoms with van der Waals surface area (Å²) in [6.07, 6.45) is 1.03. The summed E-state index contributed by atoms with van der Waals surface area (Å²) in [5.41, 5.74) is -0.0684. The maximum absolute atomic E-state index is 12.6. The van der Waals surface area contributed by atoms with Crippen LogP contribution < -0.4 is 5.32 Å². The summed E-state index contributed by atoms with van der Waals surface area (Å²) in [5, 5.41) is 20.7. The van der Waals surface area contributed by atoms with Crippen LogP contribution in [0, 0.1) is 5.95 Å². The molecule has 6 nitrogen and oxygen atoms in total. The van der Waals surface area contributed by atoms with Crippen molar-refractivity contribution in [1.29, 1.82) is 0 Å². The van der Waals surface area contributed by atoms with Gasteiger partial charge in [0.1, 0.15) is 5.75 Å². The lowest BCUT2D eigenvalue weighted by molar-refractivity contribution is 0.0696. The maximum Gasteiger partial charge on any atom is 0.335 e. The molecule has 102 valence electrons. The van der Waals surface area contributed by atoms with Crippen molar-refractivity contribution < 1.29 is 24.2 Å². The molecule has 1 amide bonds. The van der Waals surface area contributed by atoms with Gasteiger partial charge in [0.05, 0.1) is 16.8 Å². The number of aromatic nitrogens is 1. The molecule has 20 heavy (non-hydrogen) atoms. The SMILES string of the molecule is O=C(O)c1ccc(O)c(NC(=O)c2ccc(F)nc2)c1. The molecule has 0 fully saturated rings. The number of rotatable bonds is 3. The number of halogens is 1. The van der Waals surface area contributed by atoms with Gasteiger partial charge >= 0.3 is 5.97 Å². The number of nitrogens with one attached hydrogen (secondary N) is 1. The maximum atomic E-state index is 12.6. The number of hydrogen-bond donors (Lipinski definition) is 3. The summed E-state index contributed by atoms with van der Waals surface area (Å²) in [5.74, 6) is -2.84. The molecule has 0 unspecified atom stereocenters. The Hall–Kier alpha value is -2.96. The fourth-order valence-corrected chi connectivity index (χ4v) is 1.47. The van der Waals surface area contributed by atoms with E-state index in [1.165, 1.54) is 12.1 Å². The van der Waals surface area contributed by atoms with E-state index in [0.717, 1.165) is 24.4 Å². The number of nitrogens with zero attached hydrogens (tertiary/aromatic N) is 1. The van der Waals surface area contributed by atoms with Gasteiger partial charge in [0, 0.05) is 6.20 Å². The number of carbonyl (C=O) groups is 2. The number of anilines is 1. The highest BCUT2D eigenvalue weighted by molar-refractivity contribution is 6.05. The molecule has 0 saturated carbocycles. The number of hydrogen-bond acceptors (Lipinski definition) is 4. The van der Waals surface area contributed by atoms with Crippen molar-refractivity contribution in [2.45, 2.75) is 0 Å². The lowest BCUT2D eigenvalue weighted by Gasteiger charge is -2.08. The second-order valence-corrected chi connectivity index (χ2v) is 3.86. The molecular weight excluding hydrogens is 267 g/mol. The normalized spacial score (nSPS) is 10.1. The number of benzene rings is 1. The molecule has 3 N–H and O–H groups in total. The number of carbonyl (C=O) groups excluding carboxylic acids is 1. The quantitative estimate of drug-likeness (QED) is 0.587. The van der Waals surface area contributed by atoms with E-state index >= 15 is 0 Å². The fraction of sp³-hybridized carbons (Fsp3) is 0. The van der Waals surface area contributed by atoms with Crippen molar-refractivity contribution in [3.05, 3.63) is 53.6 Å². The van der Waals surface area contributed by atoms with E-state index in [4.69, 9.17) is 5.11 Å². The number of aromatic carboxylic acids is 1. The largest absolute Gasteiger partial charge is 0.506 e. The first-order valence-electron chi connectivity index (χ1n) is 5.46.